The molecule has 144 valence electrons. The molecule has 0 radical (unpaired) electrons. The topological polar surface area (TPSA) is 58.2 Å². The second-order valence-electron chi connectivity index (χ2n) is 7.44. The van der Waals surface area contributed by atoms with Gasteiger partial charge >= 0.3 is 0 Å². The van der Waals surface area contributed by atoms with Gasteiger partial charge in [-0.15, -0.1) is 0 Å². The highest BCUT2D eigenvalue weighted by Crippen LogP contribution is 2.30. The molecule has 2 atom stereocenters. The minimum Gasteiger partial charge on any atom is -0.353 e. The summed E-state index contributed by atoms with van der Waals surface area (Å²) in [6.45, 7) is 2.02. The molecule has 0 saturated carbocycles. The molecule has 2 N–H and O–H groups in total. The summed E-state index contributed by atoms with van der Waals surface area (Å²) in [6.07, 6.45) is 3.87. The Balaban J connectivity index is 1.55. The van der Waals surface area contributed by atoms with Crippen molar-refractivity contribution >= 4 is 34.8 Å². The lowest BCUT2D eigenvalue weighted by Crippen LogP contribution is -2.45. The number of hydrogen-bond acceptors (Lipinski definition) is 3. The maximum Gasteiger partial charge on any atom is 0.220 e. The maximum absolute atomic E-state index is 12.4. The van der Waals surface area contributed by atoms with Gasteiger partial charge in [0.1, 0.15) is 0 Å². The van der Waals surface area contributed by atoms with Crippen molar-refractivity contribution in [1.82, 2.24) is 10.6 Å². The Bertz CT molecular complexity index is 776. The number of thiophene rings is 1. The molecule has 1 fully saturated rings. The van der Waals surface area contributed by atoms with Crippen LogP contribution in [0.3, 0.4) is 0 Å². The molecule has 0 aliphatic carbocycles. The number of amides is 2. The highest BCUT2D eigenvalue weighted by Gasteiger charge is 2.37. The summed E-state index contributed by atoms with van der Waals surface area (Å²) in [7, 11) is 0. The van der Waals surface area contributed by atoms with Gasteiger partial charge in [0, 0.05) is 29.4 Å². The predicted molar refractivity (Wildman–Crippen MR) is 110 cm³/mol. The highest BCUT2D eigenvalue weighted by atomic mass is 35.5. The highest BCUT2D eigenvalue weighted by molar-refractivity contribution is 7.07. The zero-order valence-corrected chi connectivity index (χ0v) is 17.0. The SMILES string of the molecule is C[C@H](Cc1ccsc1)NC(=O)CC[C@@]1(Cc2ccc(Cl)cc2)CCC(=O)N1. The largest absolute Gasteiger partial charge is 0.353 e. The molecule has 0 bridgehead atoms. The Hall–Kier alpha value is -1.85. The van der Waals surface area contributed by atoms with Crippen molar-refractivity contribution in [3.05, 3.63) is 57.2 Å². The second kappa shape index (κ2) is 8.89. The van der Waals surface area contributed by atoms with Crippen LogP contribution in [0.25, 0.3) is 0 Å². The van der Waals surface area contributed by atoms with Crippen molar-refractivity contribution in [2.24, 2.45) is 0 Å². The first-order valence-electron chi connectivity index (χ1n) is 9.30. The molecular formula is C21H25ClN2O2S. The summed E-state index contributed by atoms with van der Waals surface area (Å²) in [4.78, 5) is 24.3. The molecule has 3 rings (SSSR count). The molecular weight excluding hydrogens is 380 g/mol. The van der Waals surface area contributed by atoms with Crippen LogP contribution < -0.4 is 10.6 Å². The van der Waals surface area contributed by atoms with Crippen LogP contribution >= 0.6 is 22.9 Å². The molecule has 1 aliphatic rings. The number of nitrogens with one attached hydrogen (secondary N) is 2. The molecule has 6 heteroatoms. The molecule has 1 aromatic heterocycles. The van der Waals surface area contributed by atoms with Crippen LogP contribution in [0, 0.1) is 0 Å². The minimum absolute atomic E-state index is 0.0364. The number of hydrogen-bond donors (Lipinski definition) is 2. The van der Waals surface area contributed by atoms with E-state index in [1.807, 2.05) is 36.6 Å². The molecule has 2 amide bonds. The van der Waals surface area contributed by atoms with Crippen LogP contribution in [0.1, 0.15) is 43.7 Å². The molecule has 1 aromatic carbocycles. The number of carbonyl (C=O) groups excluding carboxylic acids is 2. The van der Waals surface area contributed by atoms with Crippen LogP contribution in [0.4, 0.5) is 0 Å². The van der Waals surface area contributed by atoms with E-state index in [1.165, 1.54) is 5.56 Å². The van der Waals surface area contributed by atoms with E-state index in [9.17, 15) is 9.59 Å². The van der Waals surface area contributed by atoms with Crippen LogP contribution in [0.2, 0.25) is 5.02 Å². The number of benzene rings is 1. The van der Waals surface area contributed by atoms with Crippen molar-refractivity contribution in [3.8, 4) is 0 Å². The van der Waals surface area contributed by atoms with Gasteiger partial charge < -0.3 is 10.6 Å². The molecule has 1 aliphatic heterocycles. The predicted octanol–water partition coefficient (Wildman–Crippen LogP) is 4.12. The second-order valence-corrected chi connectivity index (χ2v) is 8.65. The van der Waals surface area contributed by atoms with E-state index < -0.39 is 0 Å². The van der Waals surface area contributed by atoms with E-state index in [4.69, 9.17) is 11.6 Å². The van der Waals surface area contributed by atoms with Gasteiger partial charge in [0.05, 0.1) is 0 Å². The Morgan fingerprint density at radius 2 is 2.07 bits per heavy atom. The van der Waals surface area contributed by atoms with E-state index in [2.05, 4.69) is 22.1 Å². The standard InChI is InChI=1S/C21H25ClN2O2S/c1-15(12-17-8-11-27-14-17)23-19(25)6-9-21(10-7-20(26)24-21)13-16-2-4-18(22)5-3-16/h2-5,8,11,14-15H,6-7,9-10,12-13H2,1H3,(H,23,25)(H,24,26)/t15-,21+/m1/s1. The summed E-state index contributed by atoms with van der Waals surface area (Å²) in [5.74, 6) is 0.101. The lowest BCUT2D eigenvalue weighted by molar-refractivity contribution is -0.123. The fourth-order valence-electron chi connectivity index (χ4n) is 3.69. The Morgan fingerprint density at radius 1 is 1.30 bits per heavy atom. The fraction of sp³-hybridized carbons (Fsp3) is 0.429. The van der Waals surface area contributed by atoms with Gasteiger partial charge in [0.15, 0.2) is 0 Å². The normalized spacial score (nSPS) is 20.3. The number of carbonyl (C=O) groups is 2. The van der Waals surface area contributed by atoms with Crippen LogP contribution in [-0.4, -0.2) is 23.4 Å². The third-order valence-corrected chi connectivity index (χ3v) is 6.03. The minimum atomic E-state index is -0.348. The molecule has 0 spiro atoms. The Morgan fingerprint density at radius 3 is 2.70 bits per heavy atom. The smallest absolute Gasteiger partial charge is 0.220 e. The summed E-state index contributed by atoms with van der Waals surface area (Å²) in [6, 6.07) is 9.87. The summed E-state index contributed by atoms with van der Waals surface area (Å²) in [5, 5.41) is 11.1. The van der Waals surface area contributed by atoms with Gasteiger partial charge in [-0.1, -0.05) is 23.7 Å². The first kappa shape index (κ1) is 19.9. The lowest BCUT2D eigenvalue weighted by Gasteiger charge is -2.29. The van der Waals surface area contributed by atoms with Crippen LogP contribution in [-0.2, 0) is 22.4 Å². The molecule has 4 nitrogen and oxygen atoms in total. The van der Waals surface area contributed by atoms with E-state index in [0.29, 0.717) is 30.7 Å². The van der Waals surface area contributed by atoms with E-state index >= 15 is 0 Å². The van der Waals surface area contributed by atoms with Crippen LogP contribution in [0.5, 0.6) is 0 Å². The van der Waals surface area contributed by atoms with Gasteiger partial charge in [-0.2, -0.15) is 11.3 Å². The Kier molecular flexibility index (Phi) is 6.55. The summed E-state index contributed by atoms with van der Waals surface area (Å²) in [5.41, 5.74) is 2.02. The Labute approximate surface area is 169 Å². The third kappa shape index (κ3) is 5.81. The van der Waals surface area contributed by atoms with E-state index in [1.54, 1.807) is 11.3 Å². The third-order valence-electron chi connectivity index (χ3n) is 5.05. The first-order valence-corrected chi connectivity index (χ1v) is 10.6. The van der Waals surface area contributed by atoms with E-state index in [-0.39, 0.29) is 23.4 Å². The first-order chi connectivity index (χ1) is 12.9. The zero-order chi connectivity index (χ0) is 19.3. The lowest BCUT2D eigenvalue weighted by atomic mass is 9.85. The van der Waals surface area contributed by atoms with Crippen molar-refractivity contribution in [1.29, 1.82) is 0 Å². The van der Waals surface area contributed by atoms with Crippen molar-refractivity contribution in [2.45, 2.75) is 57.0 Å². The fourth-order valence-corrected chi connectivity index (χ4v) is 4.50. The van der Waals surface area contributed by atoms with Crippen molar-refractivity contribution < 1.29 is 9.59 Å². The number of halogens is 1. The van der Waals surface area contributed by atoms with Crippen molar-refractivity contribution in [2.75, 3.05) is 0 Å². The quantitative estimate of drug-likeness (QED) is 0.695. The van der Waals surface area contributed by atoms with Gasteiger partial charge in [0.2, 0.25) is 11.8 Å². The van der Waals surface area contributed by atoms with E-state index in [0.717, 1.165) is 18.4 Å². The van der Waals surface area contributed by atoms with Crippen LogP contribution in [0.15, 0.2) is 41.1 Å². The molecule has 27 heavy (non-hydrogen) atoms. The molecule has 0 unspecified atom stereocenters. The van der Waals surface area contributed by atoms with Gasteiger partial charge in [0.25, 0.3) is 0 Å². The average molecular weight is 405 g/mol. The van der Waals surface area contributed by atoms with Gasteiger partial charge in [-0.3, -0.25) is 9.59 Å². The van der Waals surface area contributed by atoms with Crippen molar-refractivity contribution in [3.63, 3.8) is 0 Å². The summed E-state index contributed by atoms with van der Waals surface area (Å²) >= 11 is 7.63. The molecule has 2 heterocycles. The summed E-state index contributed by atoms with van der Waals surface area (Å²) < 4.78 is 0. The average Bonchev–Trinajstić information content (AvgIpc) is 3.25. The molecule has 1 saturated heterocycles. The zero-order valence-electron chi connectivity index (χ0n) is 15.5. The number of rotatable bonds is 8. The van der Waals surface area contributed by atoms with Gasteiger partial charge in [-0.25, -0.2) is 0 Å². The van der Waals surface area contributed by atoms with Gasteiger partial charge in [-0.05, 0) is 72.7 Å². The molecule has 2 aromatic rings. The maximum atomic E-state index is 12.4. The monoisotopic (exact) mass is 404 g/mol.